The van der Waals surface area contributed by atoms with Gasteiger partial charge in [0.05, 0.1) is 0 Å². The van der Waals surface area contributed by atoms with Crippen LogP contribution in [0.5, 0.6) is 5.75 Å². The number of benzene rings is 1. The molecule has 0 aliphatic heterocycles. The summed E-state index contributed by atoms with van der Waals surface area (Å²) in [6.45, 7) is 6.02. The molecule has 6 heteroatoms. The van der Waals surface area contributed by atoms with E-state index in [1.165, 1.54) is 0 Å². The predicted molar refractivity (Wildman–Crippen MR) is 75.1 cm³/mol. The zero-order valence-electron chi connectivity index (χ0n) is 12.0. The highest BCUT2D eigenvalue weighted by molar-refractivity contribution is 6.03. The van der Waals surface area contributed by atoms with Crippen LogP contribution in [-0.4, -0.2) is 17.0 Å². The molecule has 0 atom stereocenters. The molecule has 0 bridgehead atoms. The second kappa shape index (κ2) is 5.40. The van der Waals surface area contributed by atoms with Crippen LogP contribution in [-0.2, 0) is 5.41 Å². The van der Waals surface area contributed by atoms with Crippen molar-refractivity contribution in [2.75, 3.05) is 0 Å². The summed E-state index contributed by atoms with van der Waals surface area (Å²) >= 11 is 0. The van der Waals surface area contributed by atoms with E-state index in [4.69, 9.17) is 10.5 Å². The summed E-state index contributed by atoms with van der Waals surface area (Å²) in [7, 11) is 0. The maximum Gasteiger partial charge on any atom is 0.349 e. The molecule has 2 N–H and O–H groups in total. The summed E-state index contributed by atoms with van der Waals surface area (Å²) in [5.41, 5.74) is 5.46. The Morgan fingerprint density at radius 2 is 1.90 bits per heavy atom. The second-order valence-corrected chi connectivity index (χ2v) is 5.58. The molecule has 1 amide bonds. The van der Waals surface area contributed by atoms with Gasteiger partial charge in [-0.3, -0.25) is 4.79 Å². The van der Waals surface area contributed by atoms with Crippen molar-refractivity contribution >= 4 is 11.9 Å². The van der Waals surface area contributed by atoms with Gasteiger partial charge in [0, 0.05) is 5.56 Å². The number of aromatic nitrogens is 1. The third-order valence-electron chi connectivity index (χ3n) is 2.92. The molecule has 0 aliphatic carbocycles. The number of nitrogens with two attached hydrogens (primary N) is 1. The van der Waals surface area contributed by atoms with Crippen LogP contribution in [0.15, 0.2) is 35.1 Å². The van der Waals surface area contributed by atoms with Crippen LogP contribution in [0.3, 0.4) is 0 Å². The van der Waals surface area contributed by atoms with E-state index in [1.54, 1.807) is 12.1 Å². The zero-order chi connectivity index (χ0) is 15.6. The number of amides is 1. The largest absolute Gasteiger partial charge is 0.422 e. The van der Waals surface area contributed by atoms with Gasteiger partial charge in [-0.1, -0.05) is 44.1 Å². The van der Waals surface area contributed by atoms with Crippen molar-refractivity contribution < 1.29 is 18.8 Å². The number of esters is 1. The lowest BCUT2D eigenvalue weighted by molar-refractivity contribution is 0.0726. The average Bonchev–Trinajstić information content (AvgIpc) is 2.87. The van der Waals surface area contributed by atoms with E-state index in [1.807, 2.05) is 32.9 Å². The fraction of sp³-hybridized carbons (Fsp3) is 0.267. The fourth-order valence-corrected chi connectivity index (χ4v) is 1.89. The fourth-order valence-electron chi connectivity index (χ4n) is 1.89. The maximum absolute atomic E-state index is 12.1. The molecule has 2 rings (SSSR count). The van der Waals surface area contributed by atoms with Crippen LogP contribution < -0.4 is 10.5 Å². The molecule has 110 valence electrons. The highest BCUT2D eigenvalue weighted by Crippen LogP contribution is 2.31. The van der Waals surface area contributed by atoms with E-state index in [0.29, 0.717) is 5.75 Å². The van der Waals surface area contributed by atoms with Gasteiger partial charge in [-0.05, 0) is 11.5 Å². The van der Waals surface area contributed by atoms with E-state index >= 15 is 0 Å². The Balaban J connectivity index is 2.33. The number of hydrogen-bond acceptors (Lipinski definition) is 5. The summed E-state index contributed by atoms with van der Waals surface area (Å²) in [5, 5.41) is 3.40. The highest BCUT2D eigenvalue weighted by atomic mass is 16.5. The Bertz CT molecular complexity index is 683. The van der Waals surface area contributed by atoms with E-state index in [9.17, 15) is 9.59 Å². The second-order valence-electron chi connectivity index (χ2n) is 5.58. The third kappa shape index (κ3) is 3.10. The minimum Gasteiger partial charge on any atom is -0.422 e. The number of carbonyl (C=O) groups excluding carboxylic acids is 2. The molecule has 0 radical (unpaired) electrons. The zero-order valence-corrected chi connectivity index (χ0v) is 12.0. The number of ether oxygens (including phenoxy) is 1. The Hall–Kier alpha value is -2.63. The number of hydrogen-bond donors (Lipinski definition) is 1. The van der Waals surface area contributed by atoms with Gasteiger partial charge in [0.15, 0.2) is 5.69 Å². The van der Waals surface area contributed by atoms with Gasteiger partial charge in [0.25, 0.3) is 5.91 Å². The molecule has 0 aliphatic rings. The van der Waals surface area contributed by atoms with E-state index < -0.39 is 11.9 Å². The number of rotatable bonds is 3. The lowest BCUT2D eigenvalue weighted by Gasteiger charge is -2.21. The molecular weight excluding hydrogens is 272 g/mol. The Morgan fingerprint density at radius 1 is 1.24 bits per heavy atom. The van der Waals surface area contributed by atoms with Crippen LogP contribution in [0.4, 0.5) is 0 Å². The lowest BCUT2D eigenvalue weighted by atomic mass is 9.86. The van der Waals surface area contributed by atoms with Crippen molar-refractivity contribution in [2.24, 2.45) is 5.73 Å². The Labute approximate surface area is 121 Å². The Kier molecular flexibility index (Phi) is 3.80. The van der Waals surface area contributed by atoms with Crippen LogP contribution in [0, 0.1) is 0 Å². The molecular formula is C15H16N2O4. The van der Waals surface area contributed by atoms with Crippen molar-refractivity contribution in [1.29, 1.82) is 0 Å². The number of nitrogens with zero attached hydrogens (tertiary/aromatic N) is 1. The predicted octanol–water partition coefficient (Wildman–Crippen LogP) is 2.29. The van der Waals surface area contributed by atoms with Crippen LogP contribution in [0.1, 0.15) is 47.2 Å². The SMILES string of the molecule is CC(C)(C)c1ccccc1OC(=O)c1conc1C(N)=O. The number of carbonyl (C=O) groups is 2. The summed E-state index contributed by atoms with van der Waals surface area (Å²) in [6.07, 6.45) is 1.04. The summed E-state index contributed by atoms with van der Waals surface area (Å²) < 4.78 is 9.97. The Morgan fingerprint density at radius 3 is 2.52 bits per heavy atom. The highest BCUT2D eigenvalue weighted by Gasteiger charge is 2.24. The first-order chi connectivity index (χ1) is 9.80. The topological polar surface area (TPSA) is 95.4 Å². The molecule has 6 nitrogen and oxygen atoms in total. The van der Waals surface area contributed by atoms with E-state index in [-0.39, 0.29) is 16.7 Å². The summed E-state index contributed by atoms with van der Waals surface area (Å²) in [5.74, 6) is -1.16. The van der Waals surface area contributed by atoms with E-state index in [2.05, 4.69) is 9.68 Å². The lowest BCUT2D eigenvalue weighted by Crippen LogP contribution is -2.20. The molecule has 0 saturated carbocycles. The van der Waals surface area contributed by atoms with Gasteiger partial charge in [0.2, 0.25) is 0 Å². The molecule has 21 heavy (non-hydrogen) atoms. The van der Waals surface area contributed by atoms with Crippen LogP contribution >= 0.6 is 0 Å². The molecule has 1 aromatic heterocycles. The third-order valence-corrected chi connectivity index (χ3v) is 2.92. The van der Waals surface area contributed by atoms with Crippen molar-refractivity contribution in [3.05, 3.63) is 47.3 Å². The standard InChI is InChI=1S/C15H16N2O4/c1-15(2,3)10-6-4-5-7-11(10)21-14(19)9-8-20-17-12(9)13(16)18/h4-8H,1-3H3,(H2,16,18). The molecule has 2 aromatic rings. The number of para-hydroxylation sites is 1. The molecule has 1 heterocycles. The van der Waals surface area contributed by atoms with Crippen LogP contribution in [0.25, 0.3) is 0 Å². The van der Waals surface area contributed by atoms with Gasteiger partial charge < -0.3 is 15.0 Å². The minimum absolute atomic E-state index is 0.0915. The van der Waals surface area contributed by atoms with Crippen molar-refractivity contribution in [2.45, 2.75) is 26.2 Å². The van der Waals surface area contributed by atoms with Crippen molar-refractivity contribution in [1.82, 2.24) is 5.16 Å². The minimum atomic E-state index is -0.847. The van der Waals surface area contributed by atoms with Gasteiger partial charge in [-0.15, -0.1) is 0 Å². The summed E-state index contributed by atoms with van der Waals surface area (Å²) in [6, 6.07) is 7.20. The average molecular weight is 288 g/mol. The van der Waals surface area contributed by atoms with Crippen molar-refractivity contribution in [3.63, 3.8) is 0 Å². The quantitative estimate of drug-likeness (QED) is 0.690. The normalized spacial score (nSPS) is 11.2. The van der Waals surface area contributed by atoms with Crippen LogP contribution in [0.2, 0.25) is 0 Å². The monoisotopic (exact) mass is 288 g/mol. The van der Waals surface area contributed by atoms with E-state index in [0.717, 1.165) is 11.8 Å². The first-order valence-electron chi connectivity index (χ1n) is 6.36. The van der Waals surface area contributed by atoms with Gasteiger partial charge >= 0.3 is 5.97 Å². The molecule has 0 unspecified atom stereocenters. The van der Waals surface area contributed by atoms with Gasteiger partial charge in [-0.25, -0.2) is 4.79 Å². The first kappa shape index (κ1) is 14.8. The van der Waals surface area contributed by atoms with Gasteiger partial charge in [-0.2, -0.15) is 0 Å². The first-order valence-corrected chi connectivity index (χ1v) is 6.36. The molecule has 1 aromatic carbocycles. The molecule has 0 spiro atoms. The maximum atomic E-state index is 12.1. The molecule has 0 fully saturated rings. The smallest absolute Gasteiger partial charge is 0.349 e. The van der Waals surface area contributed by atoms with Gasteiger partial charge in [0.1, 0.15) is 17.6 Å². The number of primary amides is 1. The molecule has 0 saturated heterocycles. The summed E-state index contributed by atoms with van der Waals surface area (Å²) in [4.78, 5) is 23.3. The van der Waals surface area contributed by atoms with Crippen molar-refractivity contribution in [3.8, 4) is 5.75 Å².